The second-order valence-corrected chi connectivity index (χ2v) is 2.97. The highest BCUT2D eigenvalue weighted by Gasteiger charge is 2.14. The third-order valence-corrected chi connectivity index (χ3v) is 2.16. The zero-order chi connectivity index (χ0) is 9.97. The second-order valence-electron chi connectivity index (χ2n) is 2.97. The van der Waals surface area contributed by atoms with Crippen LogP contribution < -0.4 is 9.47 Å². The molecule has 0 unspecified atom stereocenters. The van der Waals surface area contributed by atoms with Crippen LogP contribution in [0.5, 0.6) is 11.5 Å². The SMILES string of the molecule is CC/C(=N\O)c1ccc2c(c1)OCO2. The molecule has 1 aliphatic rings. The van der Waals surface area contributed by atoms with E-state index in [1.54, 1.807) is 0 Å². The molecule has 0 aromatic heterocycles. The van der Waals surface area contributed by atoms with Crippen molar-refractivity contribution in [1.29, 1.82) is 0 Å². The summed E-state index contributed by atoms with van der Waals surface area (Å²) in [4.78, 5) is 0. The number of fused-ring (bicyclic) bond motifs is 1. The van der Waals surface area contributed by atoms with E-state index in [0.717, 1.165) is 11.3 Å². The summed E-state index contributed by atoms with van der Waals surface area (Å²) in [6.07, 6.45) is 0.677. The zero-order valence-electron chi connectivity index (χ0n) is 7.86. The predicted molar refractivity (Wildman–Crippen MR) is 51.2 cm³/mol. The fourth-order valence-electron chi connectivity index (χ4n) is 1.41. The first kappa shape index (κ1) is 8.87. The molecule has 0 radical (unpaired) electrons. The summed E-state index contributed by atoms with van der Waals surface area (Å²) < 4.78 is 10.4. The molecule has 1 aromatic rings. The molecular formula is C10H11NO3. The van der Waals surface area contributed by atoms with Crippen molar-refractivity contribution in [3.63, 3.8) is 0 Å². The summed E-state index contributed by atoms with van der Waals surface area (Å²) in [5.74, 6) is 1.44. The number of benzene rings is 1. The van der Waals surface area contributed by atoms with Crippen LogP contribution in [-0.4, -0.2) is 17.7 Å². The van der Waals surface area contributed by atoms with E-state index in [-0.39, 0.29) is 6.79 Å². The van der Waals surface area contributed by atoms with E-state index >= 15 is 0 Å². The molecule has 0 saturated heterocycles. The van der Waals surface area contributed by atoms with Gasteiger partial charge in [0.25, 0.3) is 0 Å². The molecule has 4 heteroatoms. The lowest BCUT2D eigenvalue weighted by molar-refractivity contribution is 0.174. The first-order chi connectivity index (χ1) is 6.85. The quantitative estimate of drug-likeness (QED) is 0.444. The second kappa shape index (κ2) is 3.57. The summed E-state index contributed by atoms with van der Waals surface area (Å²) >= 11 is 0. The van der Waals surface area contributed by atoms with Crippen LogP contribution in [-0.2, 0) is 0 Å². The van der Waals surface area contributed by atoms with Crippen LogP contribution in [0.15, 0.2) is 23.4 Å². The fourth-order valence-corrected chi connectivity index (χ4v) is 1.41. The molecule has 0 bridgehead atoms. The Hall–Kier alpha value is -1.71. The van der Waals surface area contributed by atoms with Crippen LogP contribution in [0.4, 0.5) is 0 Å². The number of nitrogens with zero attached hydrogens (tertiary/aromatic N) is 1. The number of hydrogen-bond acceptors (Lipinski definition) is 4. The Morgan fingerprint density at radius 3 is 2.93 bits per heavy atom. The molecule has 0 atom stereocenters. The van der Waals surface area contributed by atoms with Crippen LogP contribution in [0.2, 0.25) is 0 Å². The molecule has 4 nitrogen and oxygen atoms in total. The maximum Gasteiger partial charge on any atom is 0.231 e. The lowest BCUT2D eigenvalue weighted by Gasteiger charge is -2.02. The van der Waals surface area contributed by atoms with Crippen molar-refractivity contribution in [2.45, 2.75) is 13.3 Å². The van der Waals surface area contributed by atoms with Gasteiger partial charge in [-0.15, -0.1) is 0 Å². The van der Waals surface area contributed by atoms with Gasteiger partial charge >= 0.3 is 0 Å². The summed E-state index contributed by atoms with van der Waals surface area (Å²) in [5, 5.41) is 12.0. The lowest BCUT2D eigenvalue weighted by atomic mass is 10.1. The number of rotatable bonds is 2. The van der Waals surface area contributed by atoms with Crippen molar-refractivity contribution in [1.82, 2.24) is 0 Å². The van der Waals surface area contributed by atoms with Gasteiger partial charge in [-0.05, 0) is 24.6 Å². The van der Waals surface area contributed by atoms with Crippen molar-refractivity contribution < 1.29 is 14.7 Å². The standard InChI is InChI=1S/C10H11NO3/c1-2-8(11-12)7-3-4-9-10(5-7)14-6-13-9/h3-5,12H,2,6H2,1H3/b11-8+. The minimum atomic E-state index is 0.260. The highest BCUT2D eigenvalue weighted by atomic mass is 16.7. The molecule has 0 fully saturated rings. The average Bonchev–Trinajstić information content (AvgIpc) is 2.66. The van der Waals surface area contributed by atoms with E-state index in [1.165, 1.54) is 0 Å². The van der Waals surface area contributed by atoms with Crippen molar-refractivity contribution >= 4 is 5.71 Å². The number of hydrogen-bond donors (Lipinski definition) is 1. The van der Waals surface area contributed by atoms with E-state index in [9.17, 15) is 0 Å². The van der Waals surface area contributed by atoms with Crippen LogP contribution >= 0.6 is 0 Å². The molecule has 0 amide bonds. The van der Waals surface area contributed by atoms with Gasteiger partial charge in [-0.25, -0.2) is 0 Å². The lowest BCUT2D eigenvalue weighted by Crippen LogP contribution is -1.98. The predicted octanol–water partition coefficient (Wildman–Crippen LogP) is 2.00. The van der Waals surface area contributed by atoms with E-state index in [0.29, 0.717) is 17.9 Å². The van der Waals surface area contributed by atoms with Gasteiger partial charge in [0.2, 0.25) is 6.79 Å². The third-order valence-electron chi connectivity index (χ3n) is 2.16. The maximum atomic E-state index is 8.74. The molecule has 2 rings (SSSR count). The van der Waals surface area contributed by atoms with Crippen molar-refractivity contribution in [2.75, 3.05) is 6.79 Å². The number of ether oxygens (including phenoxy) is 2. The van der Waals surface area contributed by atoms with E-state index in [4.69, 9.17) is 14.7 Å². The highest BCUT2D eigenvalue weighted by Crippen LogP contribution is 2.32. The van der Waals surface area contributed by atoms with Gasteiger partial charge in [0.05, 0.1) is 5.71 Å². The molecule has 14 heavy (non-hydrogen) atoms. The Kier molecular flexibility index (Phi) is 2.26. The van der Waals surface area contributed by atoms with E-state index in [1.807, 2.05) is 25.1 Å². The first-order valence-electron chi connectivity index (χ1n) is 4.46. The molecule has 0 aliphatic carbocycles. The summed E-state index contributed by atoms with van der Waals surface area (Å²) in [6.45, 7) is 2.19. The van der Waals surface area contributed by atoms with Gasteiger partial charge in [0.1, 0.15) is 0 Å². The Labute approximate surface area is 81.8 Å². The largest absolute Gasteiger partial charge is 0.454 e. The topological polar surface area (TPSA) is 51.1 Å². The average molecular weight is 193 g/mol. The van der Waals surface area contributed by atoms with Crippen LogP contribution in [0.3, 0.4) is 0 Å². The first-order valence-corrected chi connectivity index (χ1v) is 4.46. The summed E-state index contributed by atoms with van der Waals surface area (Å²) in [6, 6.07) is 5.49. The molecule has 0 spiro atoms. The molecule has 0 saturated carbocycles. The third kappa shape index (κ3) is 1.39. The van der Waals surface area contributed by atoms with Crippen molar-refractivity contribution in [3.05, 3.63) is 23.8 Å². The van der Waals surface area contributed by atoms with Gasteiger partial charge in [-0.2, -0.15) is 0 Å². The molecule has 1 heterocycles. The molecule has 74 valence electrons. The molecule has 1 N–H and O–H groups in total. The van der Waals surface area contributed by atoms with E-state index in [2.05, 4.69) is 5.16 Å². The summed E-state index contributed by atoms with van der Waals surface area (Å²) in [7, 11) is 0. The Balaban J connectivity index is 2.37. The molecule has 1 aliphatic heterocycles. The molecular weight excluding hydrogens is 182 g/mol. The monoisotopic (exact) mass is 193 g/mol. The Bertz CT molecular complexity index is 374. The van der Waals surface area contributed by atoms with Gasteiger partial charge in [0.15, 0.2) is 11.5 Å². The highest BCUT2D eigenvalue weighted by molar-refractivity contribution is 6.00. The van der Waals surface area contributed by atoms with Gasteiger partial charge in [0, 0.05) is 5.56 Å². The normalized spacial score (nSPS) is 14.5. The number of oxime groups is 1. The van der Waals surface area contributed by atoms with Crippen LogP contribution in [0.1, 0.15) is 18.9 Å². The van der Waals surface area contributed by atoms with E-state index < -0.39 is 0 Å². The Morgan fingerprint density at radius 1 is 1.43 bits per heavy atom. The smallest absolute Gasteiger partial charge is 0.231 e. The van der Waals surface area contributed by atoms with Crippen molar-refractivity contribution in [3.8, 4) is 11.5 Å². The maximum absolute atomic E-state index is 8.74. The van der Waals surface area contributed by atoms with Gasteiger partial charge < -0.3 is 14.7 Å². The minimum absolute atomic E-state index is 0.260. The van der Waals surface area contributed by atoms with Gasteiger partial charge in [-0.3, -0.25) is 0 Å². The fraction of sp³-hybridized carbons (Fsp3) is 0.300. The Morgan fingerprint density at radius 2 is 2.21 bits per heavy atom. The van der Waals surface area contributed by atoms with Crippen molar-refractivity contribution in [2.24, 2.45) is 5.16 Å². The van der Waals surface area contributed by atoms with Gasteiger partial charge in [-0.1, -0.05) is 12.1 Å². The van der Waals surface area contributed by atoms with Crippen LogP contribution in [0, 0.1) is 0 Å². The zero-order valence-corrected chi connectivity index (χ0v) is 7.86. The summed E-state index contributed by atoms with van der Waals surface area (Å²) in [5.41, 5.74) is 1.50. The minimum Gasteiger partial charge on any atom is -0.454 e. The molecule has 1 aromatic carbocycles. The van der Waals surface area contributed by atoms with Crippen LogP contribution in [0.25, 0.3) is 0 Å².